The number of unbranched alkanes of at least 4 members (excludes halogenated alkanes) is 4. The second-order valence-electron chi connectivity index (χ2n) is 10.6. The Hall–Kier alpha value is -0.621. The van der Waals surface area contributed by atoms with E-state index in [2.05, 4.69) is 27.7 Å². The van der Waals surface area contributed by atoms with E-state index in [0.717, 1.165) is 37.2 Å². The third-order valence-corrected chi connectivity index (χ3v) is 17.3. The van der Waals surface area contributed by atoms with Gasteiger partial charge in [-0.2, -0.15) is 0 Å². The van der Waals surface area contributed by atoms with Gasteiger partial charge in [0.1, 0.15) is 0 Å². The molecule has 0 N–H and O–H groups in total. The topological polar surface area (TPSA) is 105 Å². The predicted octanol–water partition coefficient (Wildman–Crippen LogP) is 6.54. The molecule has 0 amide bonds. The number of ether oxygens (including phenoxy) is 2. The van der Waals surface area contributed by atoms with Crippen LogP contribution in [0.25, 0.3) is 0 Å². The first-order valence-electron chi connectivity index (χ1n) is 14.3. The summed E-state index contributed by atoms with van der Waals surface area (Å²) in [6.45, 7) is 8.85. The van der Waals surface area contributed by atoms with Gasteiger partial charge in [-0.15, -0.1) is 0 Å². The van der Waals surface area contributed by atoms with Gasteiger partial charge in [0.25, 0.3) is 0 Å². The summed E-state index contributed by atoms with van der Waals surface area (Å²) in [5.41, 5.74) is 0. The monoisotopic (exact) mass is 700 g/mol. The van der Waals surface area contributed by atoms with Crippen molar-refractivity contribution < 1.29 is 34.8 Å². The number of thioether (sulfide) groups is 2. The van der Waals surface area contributed by atoms with Crippen molar-refractivity contribution in [3.8, 4) is 0 Å². The Labute approximate surface area is 250 Å². The van der Waals surface area contributed by atoms with E-state index in [4.69, 9.17) is 15.6 Å². The number of esters is 2. The maximum atomic E-state index is 12.8. The zero-order valence-corrected chi connectivity index (χ0v) is 29.5. The maximum absolute atomic E-state index is 12.8. The Morgan fingerprint density at radius 2 is 0.974 bits per heavy atom. The molecule has 0 aromatic rings. The van der Waals surface area contributed by atoms with Gasteiger partial charge in [0.2, 0.25) is 0 Å². The Morgan fingerprint density at radius 1 is 0.590 bits per heavy atom. The van der Waals surface area contributed by atoms with Gasteiger partial charge in [-0.1, -0.05) is 0 Å². The fourth-order valence-corrected chi connectivity index (χ4v) is 14.1. The number of carbonyl (C=O) groups excluding carboxylic acids is 4. The molecule has 0 aliphatic rings. The number of carbonyl (C=O) groups is 4. The quantitative estimate of drug-likeness (QED) is 0.0627. The van der Waals surface area contributed by atoms with Crippen LogP contribution in [-0.4, -0.2) is 80.3 Å². The molecule has 8 nitrogen and oxygen atoms in total. The van der Waals surface area contributed by atoms with Gasteiger partial charge in [-0.3, -0.25) is 0 Å². The molecule has 39 heavy (non-hydrogen) atoms. The van der Waals surface area contributed by atoms with Crippen molar-refractivity contribution in [1.29, 1.82) is 0 Å². The summed E-state index contributed by atoms with van der Waals surface area (Å²) < 4.78 is 21.6. The molecule has 228 valence electrons. The van der Waals surface area contributed by atoms with Crippen LogP contribution >= 0.6 is 23.5 Å². The minimum atomic E-state index is -4.54. The number of rotatable bonds is 24. The normalized spacial score (nSPS) is 11.5. The van der Waals surface area contributed by atoms with E-state index in [1.807, 2.05) is 0 Å². The average molecular weight is 700 g/mol. The molecule has 0 aliphatic heterocycles. The van der Waals surface area contributed by atoms with Gasteiger partial charge < -0.3 is 0 Å². The van der Waals surface area contributed by atoms with E-state index in [-0.39, 0.29) is 33.2 Å². The first-order valence-corrected chi connectivity index (χ1v) is 22.9. The fraction of sp³-hybridized carbons (Fsp3) is 0.857. The molecule has 0 heterocycles. The zero-order valence-electron chi connectivity index (χ0n) is 25.1. The van der Waals surface area contributed by atoms with Crippen LogP contribution in [0.4, 0.5) is 0 Å². The van der Waals surface area contributed by atoms with Crippen LogP contribution in [0.3, 0.4) is 0 Å². The van der Waals surface area contributed by atoms with E-state index in [9.17, 15) is 19.2 Å². The van der Waals surface area contributed by atoms with E-state index >= 15 is 0 Å². The van der Waals surface area contributed by atoms with Crippen molar-refractivity contribution in [2.75, 3.05) is 37.2 Å². The van der Waals surface area contributed by atoms with Crippen LogP contribution in [0.1, 0.15) is 91.9 Å². The van der Waals surface area contributed by atoms with Crippen LogP contribution in [0.15, 0.2) is 0 Å². The third-order valence-electron chi connectivity index (χ3n) is 6.06. The van der Waals surface area contributed by atoms with Crippen LogP contribution in [0, 0.1) is 11.8 Å². The van der Waals surface area contributed by atoms with E-state index in [1.165, 1.54) is 63.4 Å². The standard InChI is InChI=1S/2C10H20O2S.2C4H7O2.Sn/c2*1-9(2)6-4-3-5-7-13-8-10(11)12;2*1-3-4(5)6-2;/h2*9H,3-8H2,1-2H3,(H,11,12);2*1,3H2,2H3;/q;;;;+2/p-2. The predicted molar refractivity (Wildman–Crippen MR) is 162 cm³/mol. The molecular formula is C28H52O8S2Sn. The summed E-state index contributed by atoms with van der Waals surface area (Å²) in [6, 6.07) is 0. The Kier molecular flexibility index (Phi) is 23.6. The first kappa shape index (κ1) is 38.4. The zero-order chi connectivity index (χ0) is 29.5. The van der Waals surface area contributed by atoms with Gasteiger partial charge in [0, 0.05) is 0 Å². The van der Waals surface area contributed by atoms with E-state index < -0.39 is 43.1 Å². The summed E-state index contributed by atoms with van der Waals surface area (Å²) in [5, 5.41) is 0. The Balaban J connectivity index is 5.09. The first-order chi connectivity index (χ1) is 18.5. The van der Waals surface area contributed by atoms with Gasteiger partial charge in [-0.05, 0) is 0 Å². The molecule has 0 bridgehead atoms. The Bertz CT molecular complexity index is 645. The van der Waals surface area contributed by atoms with Crippen molar-refractivity contribution >= 4 is 66.6 Å². The van der Waals surface area contributed by atoms with Gasteiger partial charge in [0.05, 0.1) is 0 Å². The fourth-order valence-electron chi connectivity index (χ4n) is 3.79. The van der Waals surface area contributed by atoms with Crippen molar-refractivity contribution in [3.05, 3.63) is 0 Å². The van der Waals surface area contributed by atoms with Gasteiger partial charge in [-0.25, -0.2) is 0 Å². The molecular weight excluding hydrogens is 647 g/mol. The number of hydrogen-bond acceptors (Lipinski definition) is 10. The molecule has 0 saturated carbocycles. The number of methoxy groups -OCH3 is 2. The van der Waals surface area contributed by atoms with Crippen LogP contribution < -0.4 is 0 Å². The van der Waals surface area contributed by atoms with Gasteiger partial charge in [0.15, 0.2) is 0 Å². The van der Waals surface area contributed by atoms with Crippen LogP contribution in [0.5, 0.6) is 0 Å². The summed E-state index contributed by atoms with van der Waals surface area (Å²) in [4.78, 5) is 49.5. The second kappa shape index (κ2) is 24.0. The van der Waals surface area contributed by atoms with Gasteiger partial charge >= 0.3 is 251 Å². The summed E-state index contributed by atoms with van der Waals surface area (Å²) in [7, 11) is 2.56. The average Bonchev–Trinajstić information content (AvgIpc) is 2.88. The molecule has 0 aromatic carbocycles. The molecule has 0 aliphatic carbocycles. The van der Waals surface area contributed by atoms with Crippen molar-refractivity contribution in [1.82, 2.24) is 0 Å². The Morgan fingerprint density at radius 3 is 1.31 bits per heavy atom. The van der Waals surface area contributed by atoms with E-state index in [1.54, 1.807) is 0 Å². The minimum absolute atomic E-state index is 0.0414. The molecule has 0 aromatic heterocycles. The molecule has 0 saturated heterocycles. The van der Waals surface area contributed by atoms with Crippen molar-refractivity contribution in [3.63, 3.8) is 0 Å². The second-order valence-corrected chi connectivity index (χ2v) is 22.0. The molecule has 0 rings (SSSR count). The molecule has 0 atom stereocenters. The molecule has 0 radical (unpaired) electrons. The molecule has 0 unspecified atom stereocenters. The van der Waals surface area contributed by atoms with Crippen molar-refractivity contribution in [2.24, 2.45) is 11.8 Å². The van der Waals surface area contributed by atoms with Crippen molar-refractivity contribution in [2.45, 2.75) is 101 Å². The molecule has 11 heteroatoms. The van der Waals surface area contributed by atoms with Crippen LogP contribution in [0.2, 0.25) is 8.87 Å². The number of hydrogen-bond donors (Lipinski definition) is 0. The summed E-state index contributed by atoms with van der Waals surface area (Å²) in [5.74, 6) is 1.47. The summed E-state index contributed by atoms with van der Waals surface area (Å²) in [6.07, 6.45) is 8.95. The molecule has 0 spiro atoms. The third kappa shape index (κ3) is 22.7. The summed E-state index contributed by atoms with van der Waals surface area (Å²) >= 11 is -1.56. The van der Waals surface area contributed by atoms with E-state index in [0.29, 0.717) is 11.8 Å². The molecule has 0 fully saturated rings. The van der Waals surface area contributed by atoms with Crippen LogP contribution in [-0.2, 0) is 34.8 Å². The SMILES string of the molecule is COC(=O)C[CH2][Sn]([CH2]CC(=O)OC)([O]C(=O)CSCCCCCC(C)C)[O]C(=O)CSCCCCCC(C)C.